The van der Waals surface area contributed by atoms with Gasteiger partial charge in [-0.05, 0) is 37.0 Å². The number of rotatable bonds is 3. The zero-order chi connectivity index (χ0) is 9.26. The quantitative estimate of drug-likeness (QED) is 0.730. The molecule has 0 aliphatic heterocycles. The van der Waals surface area contributed by atoms with Crippen LogP contribution < -0.4 is 11.1 Å². The maximum Gasteiger partial charge on any atom is 0.0588 e. The van der Waals surface area contributed by atoms with Crippen molar-refractivity contribution in [2.45, 2.75) is 12.8 Å². The Balaban J connectivity index is 2.03. The maximum atomic E-state index is 5.85. The van der Waals surface area contributed by atoms with Crippen LogP contribution in [0.4, 0.5) is 11.4 Å². The van der Waals surface area contributed by atoms with Crippen molar-refractivity contribution in [1.29, 1.82) is 0 Å². The second kappa shape index (κ2) is 3.46. The van der Waals surface area contributed by atoms with Gasteiger partial charge >= 0.3 is 0 Å². The molecule has 2 nitrogen and oxygen atoms in total. The molecule has 70 valence electrons. The minimum atomic E-state index is 0.729. The number of halogens is 1. The van der Waals surface area contributed by atoms with Gasteiger partial charge in [0, 0.05) is 11.6 Å². The van der Waals surface area contributed by atoms with Gasteiger partial charge in [-0.1, -0.05) is 11.6 Å². The molecule has 3 N–H and O–H groups in total. The van der Waals surface area contributed by atoms with E-state index < -0.39 is 0 Å². The van der Waals surface area contributed by atoms with Crippen LogP contribution in [0.25, 0.3) is 0 Å². The Morgan fingerprint density at radius 3 is 2.92 bits per heavy atom. The summed E-state index contributed by atoms with van der Waals surface area (Å²) in [5, 5.41) is 4.04. The van der Waals surface area contributed by atoms with Crippen molar-refractivity contribution < 1.29 is 0 Å². The average molecular weight is 197 g/mol. The van der Waals surface area contributed by atoms with Crippen LogP contribution in [0.15, 0.2) is 18.2 Å². The summed E-state index contributed by atoms with van der Waals surface area (Å²) in [4.78, 5) is 0. The van der Waals surface area contributed by atoms with Gasteiger partial charge in [0.15, 0.2) is 0 Å². The van der Waals surface area contributed by atoms with Crippen molar-refractivity contribution in [1.82, 2.24) is 0 Å². The number of nitrogen functional groups attached to an aromatic ring is 1. The zero-order valence-corrected chi connectivity index (χ0v) is 8.14. The summed E-state index contributed by atoms with van der Waals surface area (Å²) >= 11 is 5.85. The molecule has 0 atom stereocenters. The molecule has 0 saturated heterocycles. The molecule has 1 aromatic rings. The SMILES string of the molecule is Nc1ccc(Cl)cc1NCC1CC1. The molecular formula is C10H13ClN2. The van der Waals surface area contributed by atoms with Crippen LogP contribution in [-0.4, -0.2) is 6.54 Å². The first-order valence-corrected chi connectivity index (χ1v) is 4.92. The van der Waals surface area contributed by atoms with E-state index in [0.29, 0.717) is 0 Å². The fraction of sp³-hybridized carbons (Fsp3) is 0.400. The highest BCUT2D eigenvalue weighted by Gasteiger charge is 2.20. The predicted molar refractivity (Wildman–Crippen MR) is 57.1 cm³/mol. The molecule has 1 aliphatic rings. The first kappa shape index (κ1) is 8.70. The van der Waals surface area contributed by atoms with Crippen LogP contribution in [0, 0.1) is 5.92 Å². The molecule has 13 heavy (non-hydrogen) atoms. The monoisotopic (exact) mass is 196 g/mol. The lowest BCUT2D eigenvalue weighted by molar-refractivity contribution is 0.890. The standard InChI is InChI=1S/C10H13ClN2/c11-8-3-4-9(12)10(5-8)13-6-7-1-2-7/h3-5,7,13H,1-2,6,12H2. The molecule has 0 aromatic heterocycles. The van der Waals surface area contributed by atoms with Gasteiger partial charge in [-0.2, -0.15) is 0 Å². The lowest BCUT2D eigenvalue weighted by Gasteiger charge is -2.08. The Bertz CT molecular complexity index is 308. The number of nitrogens with one attached hydrogen (secondary N) is 1. The Hall–Kier alpha value is -0.890. The smallest absolute Gasteiger partial charge is 0.0588 e. The third-order valence-electron chi connectivity index (χ3n) is 2.29. The molecule has 0 bridgehead atoms. The Morgan fingerprint density at radius 1 is 1.46 bits per heavy atom. The largest absolute Gasteiger partial charge is 0.397 e. The highest BCUT2D eigenvalue weighted by Crippen LogP contribution is 2.30. The van der Waals surface area contributed by atoms with Gasteiger partial charge in [-0.15, -0.1) is 0 Å². The predicted octanol–water partition coefficient (Wildman–Crippen LogP) is 2.74. The molecule has 1 aromatic carbocycles. The molecule has 0 amide bonds. The molecule has 1 aliphatic carbocycles. The molecule has 3 heteroatoms. The molecule has 1 saturated carbocycles. The highest BCUT2D eigenvalue weighted by atomic mass is 35.5. The fourth-order valence-corrected chi connectivity index (χ4v) is 1.43. The summed E-state index contributed by atoms with van der Waals surface area (Å²) < 4.78 is 0. The molecule has 0 unspecified atom stereocenters. The van der Waals surface area contributed by atoms with Crippen LogP contribution in [0.1, 0.15) is 12.8 Å². The van der Waals surface area contributed by atoms with Crippen molar-refractivity contribution in [3.8, 4) is 0 Å². The first-order valence-electron chi connectivity index (χ1n) is 4.54. The van der Waals surface area contributed by atoms with Gasteiger partial charge in [0.05, 0.1) is 11.4 Å². The van der Waals surface area contributed by atoms with Crippen LogP contribution in [0.2, 0.25) is 5.02 Å². The van der Waals surface area contributed by atoms with E-state index >= 15 is 0 Å². The number of nitrogens with two attached hydrogens (primary N) is 1. The van der Waals surface area contributed by atoms with Gasteiger partial charge in [-0.25, -0.2) is 0 Å². The van der Waals surface area contributed by atoms with Crippen molar-refractivity contribution in [3.63, 3.8) is 0 Å². The van der Waals surface area contributed by atoms with Crippen LogP contribution in [0.3, 0.4) is 0 Å². The van der Waals surface area contributed by atoms with E-state index in [9.17, 15) is 0 Å². The third-order valence-corrected chi connectivity index (χ3v) is 2.53. The molecule has 1 fully saturated rings. The van der Waals surface area contributed by atoms with Crippen LogP contribution in [0.5, 0.6) is 0 Å². The van der Waals surface area contributed by atoms with Crippen molar-refractivity contribution in [3.05, 3.63) is 23.2 Å². The summed E-state index contributed by atoms with van der Waals surface area (Å²) in [6.07, 6.45) is 2.68. The maximum absolute atomic E-state index is 5.85. The van der Waals surface area contributed by atoms with Gasteiger partial charge in [0.25, 0.3) is 0 Å². The summed E-state index contributed by atoms with van der Waals surface area (Å²) in [5.74, 6) is 0.846. The molecule has 0 heterocycles. The normalized spacial score (nSPS) is 15.8. The average Bonchev–Trinajstić information content (AvgIpc) is 2.90. The van der Waals surface area contributed by atoms with Crippen molar-refractivity contribution in [2.75, 3.05) is 17.6 Å². The van der Waals surface area contributed by atoms with E-state index in [-0.39, 0.29) is 0 Å². The number of hydrogen-bond acceptors (Lipinski definition) is 2. The van der Waals surface area contributed by atoms with E-state index in [1.807, 2.05) is 12.1 Å². The van der Waals surface area contributed by atoms with Gasteiger partial charge in [-0.3, -0.25) is 0 Å². The Labute approximate surface area is 83.1 Å². The number of benzene rings is 1. The summed E-state index contributed by atoms with van der Waals surface area (Å²) in [7, 11) is 0. The van der Waals surface area contributed by atoms with Gasteiger partial charge in [0.2, 0.25) is 0 Å². The van der Waals surface area contributed by atoms with Crippen LogP contribution >= 0.6 is 11.6 Å². The topological polar surface area (TPSA) is 38.0 Å². The second-order valence-corrected chi connectivity index (χ2v) is 3.99. The summed E-state index contributed by atoms with van der Waals surface area (Å²) in [5.41, 5.74) is 7.50. The number of anilines is 2. The Morgan fingerprint density at radius 2 is 2.23 bits per heavy atom. The summed E-state index contributed by atoms with van der Waals surface area (Å²) in [6, 6.07) is 5.51. The van der Waals surface area contributed by atoms with Gasteiger partial charge in [0.1, 0.15) is 0 Å². The third kappa shape index (κ3) is 2.28. The first-order chi connectivity index (χ1) is 6.25. The van der Waals surface area contributed by atoms with E-state index in [0.717, 1.165) is 28.9 Å². The fourth-order valence-electron chi connectivity index (χ4n) is 1.26. The molecular weight excluding hydrogens is 184 g/mol. The van der Waals surface area contributed by atoms with Crippen LogP contribution in [-0.2, 0) is 0 Å². The van der Waals surface area contributed by atoms with E-state index in [2.05, 4.69) is 5.32 Å². The second-order valence-electron chi connectivity index (χ2n) is 3.56. The van der Waals surface area contributed by atoms with E-state index in [1.54, 1.807) is 6.07 Å². The highest BCUT2D eigenvalue weighted by molar-refractivity contribution is 6.31. The van der Waals surface area contributed by atoms with Crippen molar-refractivity contribution in [2.24, 2.45) is 5.92 Å². The van der Waals surface area contributed by atoms with E-state index in [1.165, 1.54) is 12.8 Å². The number of hydrogen-bond donors (Lipinski definition) is 2. The van der Waals surface area contributed by atoms with E-state index in [4.69, 9.17) is 17.3 Å². The van der Waals surface area contributed by atoms with Crippen molar-refractivity contribution >= 4 is 23.0 Å². The molecule has 0 radical (unpaired) electrons. The lowest BCUT2D eigenvalue weighted by Crippen LogP contribution is -2.05. The molecule has 0 spiro atoms. The minimum Gasteiger partial charge on any atom is -0.397 e. The summed E-state index contributed by atoms with van der Waals surface area (Å²) in [6.45, 7) is 1.02. The van der Waals surface area contributed by atoms with Gasteiger partial charge < -0.3 is 11.1 Å². The Kier molecular flexibility index (Phi) is 2.32. The minimum absolute atomic E-state index is 0.729. The lowest BCUT2D eigenvalue weighted by atomic mass is 10.2. The zero-order valence-electron chi connectivity index (χ0n) is 7.39. The molecule has 2 rings (SSSR count).